The summed E-state index contributed by atoms with van der Waals surface area (Å²) in [7, 11) is -3.75. The molecule has 170 valence electrons. The van der Waals surface area contributed by atoms with E-state index in [1.807, 2.05) is 6.07 Å². The van der Waals surface area contributed by atoms with E-state index in [2.05, 4.69) is 9.71 Å². The fourth-order valence-electron chi connectivity index (χ4n) is 3.91. The van der Waals surface area contributed by atoms with Crippen LogP contribution in [-0.4, -0.2) is 50.2 Å². The topological polar surface area (TPSA) is 129 Å². The number of carbonyl (C=O) groups excluding carboxylic acids is 2. The summed E-state index contributed by atoms with van der Waals surface area (Å²) >= 11 is 0. The molecule has 1 fully saturated rings. The van der Waals surface area contributed by atoms with E-state index in [-0.39, 0.29) is 11.4 Å². The van der Waals surface area contributed by atoms with Gasteiger partial charge in [0.1, 0.15) is 4.90 Å². The molecule has 2 unspecified atom stereocenters. The molecule has 4 rings (SSSR count). The van der Waals surface area contributed by atoms with Crippen LogP contribution in [0, 0.1) is 17.2 Å². The lowest BCUT2D eigenvalue weighted by atomic mass is 9.97. The number of nitrogens with zero attached hydrogens (tertiary/aromatic N) is 3. The minimum absolute atomic E-state index is 0.162. The zero-order valence-electron chi connectivity index (χ0n) is 17.9. The van der Waals surface area contributed by atoms with E-state index in [1.54, 1.807) is 41.3 Å². The van der Waals surface area contributed by atoms with Gasteiger partial charge in [0.15, 0.2) is 11.9 Å². The molecule has 2 heterocycles. The first-order valence-electron chi connectivity index (χ1n) is 10.5. The van der Waals surface area contributed by atoms with Crippen LogP contribution >= 0.6 is 0 Å². The van der Waals surface area contributed by atoms with Crippen LogP contribution in [0.15, 0.2) is 57.8 Å². The van der Waals surface area contributed by atoms with Crippen LogP contribution in [0.5, 0.6) is 0 Å². The molecule has 0 spiro atoms. The van der Waals surface area contributed by atoms with E-state index in [9.17, 15) is 18.0 Å². The maximum Gasteiger partial charge on any atom is 0.311 e. The molecule has 2 aliphatic heterocycles. The second kappa shape index (κ2) is 9.03. The number of hydrogen-bond acceptors (Lipinski definition) is 7. The average molecular weight is 467 g/mol. The van der Waals surface area contributed by atoms with Gasteiger partial charge in [0.2, 0.25) is 0 Å². The van der Waals surface area contributed by atoms with E-state index >= 15 is 0 Å². The van der Waals surface area contributed by atoms with Gasteiger partial charge in [-0.3, -0.25) is 9.59 Å². The van der Waals surface area contributed by atoms with E-state index < -0.39 is 33.9 Å². The van der Waals surface area contributed by atoms with Crippen LogP contribution in [0.1, 0.15) is 30.9 Å². The molecule has 1 amide bonds. The van der Waals surface area contributed by atoms with Crippen molar-refractivity contribution < 1.29 is 22.7 Å². The zero-order chi connectivity index (χ0) is 23.6. The number of amides is 1. The van der Waals surface area contributed by atoms with Crippen LogP contribution < -0.4 is 5.32 Å². The van der Waals surface area contributed by atoms with Crippen molar-refractivity contribution >= 4 is 33.4 Å². The molecule has 9 nitrogen and oxygen atoms in total. The van der Waals surface area contributed by atoms with Gasteiger partial charge in [-0.25, -0.2) is 0 Å². The number of hydrogen-bond donors (Lipinski definition) is 1. The number of rotatable bonds is 4. The van der Waals surface area contributed by atoms with Gasteiger partial charge in [0.05, 0.1) is 17.6 Å². The van der Waals surface area contributed by atoms with Gasteiger partial charge in [-0.1, -0.05) is 18.2 Å². The molecule has 0 radical (unpaired) electrons. The summed E-state index contributed by atoms with van der Waals surface area (Å²) < 4.78 is 34.1. The SMILES string of the molecule is CC(OC(=O)C1CCCN(C2=NS(=O)(=O)c3ccccc32)C1)C(=O)Nc1cccc(C#N)c1. The molecule has 2 aliphatic rings. The standard InChI is InChI=1S/C23H22N4O5S/c1-15(22(28)25-18-8-4-6-16(12-18)13-24)32-23(29)17-7-5-11-27(14-17)21-19-9-2-3-10-20(19)33(30,31)26-21/h2-4,6,8-10,12,15,17H,5,7,11,14H2,1H3,(H,25,28). The molecule has 10 heteroatoms. The van der Waals surface area contributed by atoms with Gasteiger partial charge in [-0.2, -0.15) is 13.7 Å². The Balaban J connectivity index is 1.40. The van der Waals surface area contributed by atoms with Crippen molar-refractivity contribution in [2.75, 3.05) is 18.4 Å². The highest BCUT2D eigenvalue weighted by atomic mass is 32.2. The molecule has 0 bridgehead atoms. The summed E-state index contributed by atoms with van der Waals surface area (Å²) in [5.74, 6) is -1.21. The number of carbonyl (C=O) groups is 2. The Bertz CT molecular complexity index is 1280. The Morgan fingerprint density at radius 2 is 2.03 bits per heavy atom. The van der Waals surface area contributed by atoms with E-state index in [1.165, 1.54) is 19.1 Å². The molecule has 2 atom stereocenters. The average Bonchev–Trinajstić information content (AvgIpc) is 3.10. The van der Waals surface area contributed by atoms with Crippen LogP contribution in [0.4, 0.5) is 5.69 Å². The van der Waals surface area contributed by atoms with Crippen molar-refractivity contribution in [3.63, 3.8) is 0 Å². The van der Waals surface area contributed by atoms with Crippen LogP contribution in [0.3, 0.4) is 0 Å². The number of esters is 1. The third-order valence-corrected chi connectivity index (χ3v) is 6.91. The second-order valence-electron chi connectivity index (χ2n) is 7.93. The monoisotopic (exact) mass is 466 g/mol. The number of sulfonamides is 1. The zero-order valence-corrected chi connectivity index (χ0v) is 18.7. The van der Waals surface area contributed by atoms with Crippen molar-refractivity contribution in [2.24, 2.45) is 10.3 Å². The number of anilines is 1. The van der Waals surface area contributed by atoms with Crippen LogP contribution in [-0.2, 0) is 24.3 Å². The summed E-state index contributed by atoms with van der Waals surface area (Å²) in [4.78, 5) is 27.2. The third-order valence-electron chi connectivity index (χ3n) is 5.59. The molecule has 0 aliphatic carbocycles. The molecule has 2 aromatic rings. The number of amidine groups is 1. The fourth-order valence-corrected chi connectivity index (χ4v) is 5.14. The highest BCUT2D eigenvalue weighted by molar-refractivity contribution is 7.90. The van der Waals surface area contributed by atoms with Crippen molar-refractivity contribution in [2.45, 2.75) is 30.8 Å². The first-order valence-corrected chi connectivity index (χ1v) is 11.9. The Hall–Kier alpha value is -3.71. The smallest absolute Gasteiger partial charge is 0.311 e. The first kappa shape index (κ1) is 22.5. The maximum atomic E-state index is 12.8. The largest absolute Gasteiger partial charge is 0.452 e. The number of piperidine rings is 1. The minimum Gasteiger partial charge on any atom is -0.452 e. The number of benzene rings is 2. The maximum absolute atomic E-state index is 12.8. The predicted octanol–water partition coefficient (Wildman–Crippen LogP) is 2.29. The van der Waals surface area contributed by atoms with Gasteiger partial charge in [-0.15, -0.1) is 4.40 Å². The predicted molar refractivity (Wildman–Crippen MR) is 120 cm³/mol. The Kier molecular flexibility index (Phi) is 6.16. The molecule has 0 saturated carbocycles. The molecular weight excluding hydrogens is 444 g/mol. The van der Waals surface area contributed by atoms with Crippen molar-refractivity contribution in [1.29, 1.82) is 5.26 Å². The Labute approximate surface area is 191 Å². The molecule has 0 aromatic heterocycles. The highest BCUT2D eigenvalue weighted by Gasteiger charge is 2.36. The van der Waals surface area contributed by atoms with Gasteiger partial charge < -0.3 is 15.0 Å². The lowest BCUT2D eigenvalue weighted by Crippen LogP contribution is -2.44. The van der Waals surface area contributed by atoms with Gasteiger partial charge in [0.25, 0.3) is 15.9 Å². The quantitative estimate of drug-likeness (QED) is 0.685. The summed E-state index contributed by atoms with van der Waals surface area (Å²) in [6, 6.07) is 15.0. The minimum atomic E-state index is -3.75. The Morgan fingerprint density at radius 1 is 1.24 bits per heavy atom. The lowest BCUT2D eigenvalue weighted by Gasteiger charge is -2.33. The molecule has 1 saturated heterocycles. The third kappa shape index (κ3) is 4.73. The Morgan fingerprint density at radius 3 is 2.82 bits per heavy atom. The summed E-state index contributed by atoms with van der Waals surface area (Å²) in [6.45, 7) is 2.30. The van der Waals surface area contributed by atoms with Crippen LogP contribution in [0.25, 0.3) is 0 Å². The normalized spacial score (nSPS) is 19.6. The number of likely N-dealkylation sites (tertiary alicyclic amines) is 1. The van der Waals surface area contributed by atoms with Gasteiger partial charge >= 0.3 is 5.97 Å². The van der Waals surface area contributed by atoms with Gasteiger partial charge in [-0.05, 0) is 50.1 Å². The highest BCUT2D eigenvalue weighted by Crippen LogP contribution is 2.30. The number of ether oxygens (including phenoxy) is 1. The van der Waals surface area contributed by atoms with E-state index in [0.717, 1.165) is 0 Å². The molecule has 33 heavy (non-hydrogen) atoms. The molecule has 1 N–H and O–H groups in total. The molecule has 2 aromatic carbocycles. The second-order valence-corrected chi connectivity index (χ2v) is 9.50. The number of nitriles is 1. The van der Waals surface area contributed by atoms with E-state index in [0.29, 0.717) is 42.0 Å². The molecular formula is C23H22N4O5S. The van der Waals surface area contributed by atoms with Crippen molar-refractivity contribution in [3.8, 4) is 6.07 Å². The van der Waals surface area contributed by atoms with Gasteiger partial charge in [0, 0.05) is 24.3 Å². The van der Waals surface area contributed by atoms with Crippen molar-refractivity contribution in [3.05, 3.63) is 59.7 Å². The van der Waals surface area contributed by atoms with E-state index in [4.69, 9.17) is 10.00 Å². The summed E-state index contributed by atoms with van der Waals surface area (Å²) in [5, 5.41) is 11.6. The fraction of sp³-hybridized carbons (Fsp3) is 0.304. The lowest BCUT2D eigenvalue weighted by molar-refractivity contribution is -0.158. The van der Waals surface area contributed by atoms with Crippen LogP contribution in [0.2, 0.25) is 0 Å². The number of fused-ring (bicyclic) bond motifs is 1. The number of nitrogens with one attached hydrogen (secondary N) is 1. The summed E-state index contributed by atoms with van der Waals surface area (Å²) in [6.07, 6.45) is 0.182. The first-order chi connectivity index (χ1) is 15.8. The summed E-state index contributed by atoms with van der Waals surface area (Å²) in [5.41, 5.74) is 1.36. The van der Waals surface area contributed by atoms with Crippen molar-refractivity contribution in [1.82, 2.24) is 4.90 Å².